The Morgan fingerprint density at radius 1 is 1.41 bits per heavy atom. The maximum Gasteiger partial charge on any atom is 0.225 e. The number of rotatable bonds is 6. The van der Waals surface area contributed by atoms with Gasteiger partial charge < -0.3 is 15.0 Å². The first-order valence-electron chi connectivity index (χ1n) is 7.74. The number of ether oxygens (including phenoxy) is 1. The van der Waals surface area contributed by atoms with Crippen LogP contribution in [-0.2, 0) is 16.1 Å². The first kappa shape index (κ1) is 16.3. The lowest BCUT2D eigenvalue weighted by atomic mass is 10.1. The number of methoxy groups -OCH3 is 1. The second-order valence-corrected chi connectivity index (χ2v) is 5.84. The molecule has 0 unspecified atom stereocenters. The van der Waals surface area contributed by atoms with Crippen LogP contribution in [0.15, 0.2) is 24.3 Å². The van der Waals surface area contributed by atoms with E-state index < -0.39 is 0 Å². The van der Waals surface area contributed by atoms with Crippen molar-refractivity contribution in [3.63, 3.8) is 0 Å². The van der Waals surface area contributed by atoms with Crippen LogP contribution in [-0.4, -0.2) is 36.4 Å². The van der Waals surface area contributed by atoms with E-state index >= 15 is 0 Å². The molecule has 0 bridgehead atoms. The maximum absolute atomic E-state index is 12.1. The highest BCUT2D eigenvalue weighted by molar-refractivity contribution is 5.89. The highest BCUT2D eigenvalue weighted by atomic mass is 16.5. The van der Waals surface area contributed by atoms with Crippen LogP contribution in [0.1, 0.15) is 32.3 Å². The Morgan fingerprint density at radius 2 is 2.09 bits per heavy atom. The van der Waals surface area contributed by atoms with Gasteiger partial charge in [-0.1, -0.05) is 19.1 Å². The fraction of sp³-hybridized carbons (Fsp3) is 0.529. The van der Waals surface area contributed by atoms with E-state index in [2.05, 4.69) is 5.32 Å². The number of amides is 2. The molecule has 0 saturated carbocycles. The van der Waals surface area contributed by atoms with E-state index in [9.17, 15) is 9.59 Å². The second-order valence-electron chi connectivity index (χ2n) is 5.84. The minimum atomic E-state index is -0.236. The van der Waals surface area contributed by atoms with E-state index in [1.165, 1.54) is 0 Å². The van der Waals surface area contributed by atoms with Crippen molar-refractivity contribution in [3.05, 3.63) is 29.8 Å². The minimum Gasteiger partial charge on any atom is -0.497 e. The molecule has 1 N–H and O–H groups in total. The van der Waals surface area contributed by atoms with Gasteiger partial charge in [-0.25, -0.2) is 0 Å². The summed E-state index contributed by atoms with van der Waals surface area (Å²) in [5, 5.41) is 2.96. The number of hydrogen-bond acceptors (Lipinski definition) is 3. The summed E-state index contributed by atoms with van der Waals surface area (Å²) in [7, 11) is 1.62. The molecular formula is C17H24N2O3. The number of hydrogen-bond donors (Lipinski definition) is 1. The third-order valence-corrected chi connectivity index (χ3v) is 4.12. The molecule has 22 heavy (non-hydrogen) atoms. The Kier molecular flexibility index (Phi) is 5.41. The zero-order valence-electron chi connectivity index (χ0n) is 13.5. The van der Waals surface area contributed by atoms with Crippen LogP contribution < -0.4 is 10.1 Å². The number of benzene rings is 1. The second kappa shape index (κ2) is 7.29. The predicted octanol–water partition coefficient (Wildman–Crippen LogP) is 1.96. The van der Waals surface area contributed by atoms with Crippen LogP contribution in [0.2, 0.25) is 0 Å². The molecule has 1 aromatic carbocycles. The number of nitrogens with one attached hydrogen (secondary N) is 1. The van der Waals surface area contributed by atoms with Gasteiger partial charge in [0.2, 0.25) is 11.8 Å². The first-order valence-corrected chi connectivity index (χ1v) is 7.74. The van der Waals surface area contributed by atoms with E-state index in [4.69, 9.17) is 4.74 Å². The molecule has 5 heteroatoms. The van der Waals surface area contributed by atoms with Gasteiger partial charge in [-0.2, -0.15) is 0 Å². The van der Waals surface area contributed by atoms with Crippen LogP contribution >= 0.6 is 0 Å². The molecule has 2 amide bonds. The van der Waals surface area contributed by atoms with Crippen molar-refractivity contribution < 1.29 is 14.3 Å². The summed E-state index contributed by atoms with van der Waals surface area (Å²) in [5.41, 5.74) is 1.04. The van der Waals surface area contributed by atoms with Gasteiger partial charge in [0.25, 0.3) is 0 Å². The van der Waals surface area contributed by atoms with E-state index in [1.54, 1.807) is 12.0 Å². The summed E-state index contributed by atoms with van der Waals surface area (Å²) in [6.07, 6.45) is 1.19. The molecule has 2 atom stereocenters. The van der Waals surface area contributed by atoms with Crippen LogP contribution in [0, 0.1) is 5.92 Å². The van der Waals surface area contributed by atoms with Crippen LogP contribution in [0.3, 0.4) is 0 Å². The summed E-state index contributed by atoms with van der Waals surface area (Å²) in [6.45, 7) is 5.04. The molecule has 0 radical (unpaired) electrons. The third kappa shape index (κ3) is 4.00. The molecule has 120 valence electrons. The van der Waals surface area contributed by atoms with Gasteiger partial charge in [0.05, 0.1) is 13.0 Å². The van der Waals surface area contributed by atoms with Crippen molar-refractivity contribution in [1.29, 1.82) is 0 Å². The number of carbonyl (C=O) groups excluding carboxylic acids is 2. The number of carbonyl (C=O) groups is 2. The van der Waals surface area contributed by atoms with Crippen molar-refractivity contribution >= 4 is 11.8 Å². The normalized spacial score (nSPS) is 19.1. The Labute approximate surface area is 131 Å². The lowest BCUT2D eigenvalue weighted by Crippen LogP contribution is -2.38. The standard InChI is InChI=1S/C17H24N2O3/c1-4-12(2)18-17(21)14-9-16(20)19(11-14)10-13-5-7-15(22-3)8-6-13/h5-8,12,14H,4,9-11H2,1-3H3,(H,18,21)/t12-,14-/m0/s1. The number of likely N-dealkylation sites (tertiary alicyclic amines) is 1. The summed E-state index contributed by atoms with van der Waals surface area (Å²) in [5.74, 6) is 0.585. The molecule has 0 spiro atoms. The fourth-order valence-electron chi connectivity index (χ4n) is 2.51. The molecule has 1 aromatic rings. The average Bonchev–Trinajstić information content (AvgIpc) is 2.89. The van der Waals surface area contributed by atoms with Crippen molar-refractivity contribution in [3.8, 4) is 5.75 Å². The van der Waals surface area contributed by atoms with Gasteiger partial charge in [-0.15, -0.1) is 0 Å². The molecular weight excluding hydrogens is 280 g/mol. The molecule has 2 rings (SSSR count). The molecule has 1 aliphatic heterocycles. The van der Waals surface area contributed by atoms with E-state index in [-0.39, 0.29) is 23.8 Å². The lowest BCUT2D eigenvalue weighted by molar-refractivity contribution is -0.129. The molecule has 1 aliphatic rings. The minimum absolute atomic E-state index is 0.0140. The van der Waals surface area contributed by atoms with E-state index in [1.807, 2.05) is 38.1 Å². The van der Waals surface area contributed by atoms with Crippen molar-refractivity contribution in [2.24, 2.45) is 5.92 Å². The van der Waals surface area contributed by atoms with Crippen molar-refractivity contribution in [2.75, 3.05) is 13.7 Å². The third-order valence-electron chi connectivity index (χ3n) is 4.12. The van der Waals surface area contributed by atoms with Gasteiger partial charge in [-0.3, -0.25) is 9.59 Å². The highest BCUT2D eigenvalue weighted by Crippen LogP contribution is 2.21. The maximum atomic E-state index is 12.1. The topological polar surface area (TPSA) is 58.6 Å². The summed E-state index contributed by atoms with van der Waals surface area (Å²) >= 11 is 0. The SMILES string of the molecule is CC[C@H](C)NC(=O)[C@H]1CC(=O)N(Cc2ccc(OC)cc2)C1. The van der Waals surface area contributed by atoms with Gasteiger partial charge in [-0.05, 0) is 31.0 Å². The van der Waals surface area contributed by atoms with E-state index in [0.717, 1.165) is 17.7 Å². The summed E-state index contributed by atoms with van der Waals surface area (Å²) in [6, 6.07) is 7.79. The Morgan fingerprint density at radius 3 is 2.68 bits per heavy atom. The van der Waals surface area contributed by atoms with Crippen molar-refractivity contribution in [2.45, 2.75) is 39.3 Å². The Hall–Kier alpha value is -2.04. The predicted molar refractivity (Wildman–Crippen MR) is 84.4 cm³/mol. The summed E-state index contributed by atoms with van der Waals surface area (Å²) < 4.78 is 5.12. The quantitative estimate of drug-likeness (QED) is 0.874. The molecule has 0 aliphatic carbocycles. The smallest absolute Gasteiger partial charge is 0.225 e. The Balaban J connectivity index is 1.93. The first-order chi connectivity index (χ1) is 10.5. The molecule has 1 fully saturated rings. The van der Waals surface area contributed by atoms with Gasteiger partial charge in [0.1, 0.15) is 5.75 Å². The van der Waals surface area contributed by atoms with Gasteiger partial charge in [0.15, 0.2) is 0 Å². The zero-order chi connectivity index (χ0) is 16.1. The fourth-order valence-corrected chi connectivity index (χ4v) is 2.51. The highest BCUT2D eigenvalue weighted by Gasteiger charge is 2.34. The van der Waals surface area contributed by atoms with Crippen LogP contribution in [0.25, 0.3) is 0 Å². The van der Waals surface area contributed by atoms with Crippen LogP contribution in [0.5, 0.6) is 5.75 Å². The molecule has 1 heterocycles. The summed E-state index contributed by atoms with van der Waals surface area (Å²) in [4.78, 5) is 26.0. The van der Waals surface area contributed by atoms with Gasteiger partial charge in [0, 0.05) is 25.6 Å². The van der Waals surface area contributed by atoms with Crippen molar-refractivity contribution in [1.82, 2.24) is 10.2 Å². The number of nitrogens with zero attached hydrogens (tertiary/aromatic N) is 1. The molecule has 0 aromatic heterocycles. The zero-order valence-corrected chi connectivity index (χ0v) is 13.5. The molecule has 1 saturated heterocycles. The molecule has 5 nitrogen and oxygen atoms in total. The monoisotopic (exact) mass is 304 g/mol. The largest absolute Gasteiger partial charge is 0.497 e. The lowest BCUT2D eigenvalue weighted by Gasteiger charge is -2.18. The van der Waals surface area contributed by atoms with E-state index in [0.29, 0.717) is 19.5 Å². The van der Waals surface area contributed by atoms with Gasteiger partial charge >= 0.3 is 0 Å². The van der Waals surface area contributed by atoms with Crippen LogP contribution in [0.4, 0.5) is 0 Å². The Bertz CT molecular complexity index is 527. The average molecular weight is 304 g/mol.